The van der Waals surface area contributed by atoms with Crippen LogP contribution in [0.15, 0.2) is 15.5 Å². The van der Waals surface area contributed by atoms with Gasteiger partial charge in [0.05, 0.1) is 11.9 Å². The highest BCUT2D eigenvalue weighted by Gasteiger charge is 2.06. The lowest BCUT2D eigenvalue weighted by atomic mass is 10.2. The molecule has 5 nitrogen and oxygen atoms in total. The Labute approximate surface area is 109 Å². The molecule has 0 saturated carbocycles. The molecule has 1 aromatic rings. The summed E-state index contributed by atoms with van der Waals surface area (Å²) >= 11 is 3.28. The molecule has 0 bridgehead atoms. The summed E-state index contributed by atoms with van der Waals surface area (Å²) in [4.78, 5) is 11.7. The largest absolute Gasteiger partial charge is 0.396 e. The normalized spacial score (nSPS) is 10.5. The van der Waals surface area contributed by atoms with Crippen molar-refractivity contribution in [3.05, 3.63) is 21.0 Å². The van der Waals surface area contributed by atoms with Crippen LogP contribution in [0.1, 0.15) is 26.2 Å². The molecule has 2 N–H and O–H groups in total. The van der Waals surface area contributed by atoms with E-state index in [-0.39, 0.29) is 12.2 Å². The molecular weight excluding hydrogens is 286 g/mol. The average molecular weight is 304 g/mol. The number of nitrogens with one attached hydrogen (secondary N) is 1. The second-order valence-corrected chi connectivity index (χ2v) is 4.50. The number of nitrogens with zero attached hydrogens (tertiary/aromatic N) is 2. The van der Waals surface area contributed by atoms with E-state index in [1.165, 1.54) is 4.68 Å². The SMILES string of the molecule is CCn1ncc(NCCCCCO)c(Br)c1=O. The van der Waals surface area contributed by atoms with Crippen molar-refractivity contribution in [2.45, 2.75) is 32.7 Å². The molecule has 1 heterocycles. The molecule has 0 spiro atoms. The number of unbranched alkanes of at least 4 members (excludes halogenated alkanes) is 2. The fourth-order valence-electron chi connectivity index (χ4n) is 1.45. The third-order valence-corrected chi connectivity index (χ3v) is 3.20. The van der Waals surface area contributed by atoms with Gasteiger partial charge in [-0.1, -0.05) is 0 Å². The Bertz CT molecular complexity index is 406. The van der Waals surface area contributed by atoms with E-state index >= 15 is 0 Å². The van der Waals surface area contributed by atoms with Gasteiger partial charge in [-0.2, -0.15) is 5.10 Å². The van der Waals surface area contributed by atoms with Gasteiger partial charge in [0.2, 0.25) is 0 Å². The lowest BCUT2D eigenvalue weighted by molar-refractivity contribution is 0.283. The lowest BCUT2D eigenvalue weighted by Gasteiger charge is -2.09. The topological polar surface area (TPSA) is 67.2 Å². The zero-order valence-electron chi connectivity index (χ0n) is 9.95. The molecule has 17 heavy (non-hydrogen) atoms. The van der Waals surface area contributed by atoms with Gasteiger partial charge >= 0.3 is 0 Å². The molecule has 0 atom stereocenters. The predicted octanol–water partition coefficient (Wildman–Crippen LogP) is 1.60. The van der Waals surface area contributed by atoms with Crippen molar-refractivity contribution in [1.29, 1.82) is 0 Å². The summed E-state index contributed by atoms with van der Waals surface area (Å²) in [5.74, 6) is 0. The van der Waals surface area contributed by atoms with E-state index in [0.29, 0.717) is 11.0 Å². The van der Waals surface area contributed by atoms with Crippen LogP contribution in [-0.2, 0) is 6.54 Å². The maximum absolute atomic E-state index is 11.7. The second-order valence-electron chi connectivity index (χ2n) is 3.70. The highest BCUT2D eigenvalue weighted by Crippen LogP contribution is 2.16. The number of aromatic nitrogens is 2. The van der Waals surface area contributed by atoms with Crippen molar-refractivity contribution in [3.63, 3.8) is 0 Å². The number of aliphatic hydroxyl groups excluding tert-OH is 1. The summed E-state index contributed by atoms with van der Waals surface area (Å²) in [7, 11) is 0. The first-order valence-electron chi connectivity index (χ1n) is 5.81. The number of aliphatic hydroxyl groups is 1. The lowest BCUT2D eigenvalue weighted by Crippen LogP contribution is -2.23. The molecule has 0 aromatic carbocycles. The van der Waals surface area contributed by atoms with Gasteiger partial charge in [0, 0.05) is 19.7 Å². The first-order chi connectivity index (χ1) is 8.20. The fourth-order valence-corrected chi connectivity index (χ4v) is 1.90. The summed E-state index contributed by atoms with van der Waals surface area (Å²) < 4.78 is 1.93. The van der Waals surface area contributed by atoms with E-state index in [9.17, 15) is 4.79 Å². The minimum absolute atomic E-state index is 0.118. The molecule has 0 unspecified atom stereocenters. The number of anilines is 1. The predicted molar refractivity (Wildman–Crippen MR) is 71.3 cm³/mol. The Hall–Kier alpha value is -0.880. The van der Waals surface area contributed by atoms with Crippen molar-refractivity contribution in [2.75, 3.05) is 18.5 Å². The van der Waals surface area contributed by atoms with Gasteiger partial charge in [0.25, 0.3) is 5.56 Å². The Morgan fingerprint density at radius 3 is 2.88 bits per heavy atom. The maximum atomic E-state index is 11.7. The molecule has 0 fully saturated rings. The van der Waals surface area contributed by atoms with Crippen LogP contribution in [0.2, 0.25) is 0 Å². The highest BCUT2D eigenvalue weighted by atomic mass is 79.9. The van der Waals surface area contributed by atoms with Gasteiger partial charge in [-0.05, 0) is 42.1 Å². The van der Waals surface area contributed by atoms with Crippen LogP contribution < -0.4 is 10.9 Å². The van der Waals surface area contributed by atoms with Crippen molar-refractivity contribution in [2.24, 2.45) is 0 Å². The van der Waals surface area contributed by atoms with Crippen molar-refractivity contribution >= 4 is 21.6 Å². The van der Waals surface area contributed by atoms with Gasteiger partial charge in [-0.25, -0.2) is 4.68 Å². The van der Waals surface area contributed by atoms with E-state index < -0.39 is 0 Å². The second kappa shape index (κ2) is 7.45. The minimum Gasteiger partial charge on any atom is -0.396 e. The third-order valence-electron chi connectivity index (χ3n) is 2.43. The average Bonchev–Trinajstić information content (AvgIpc) is 2.34. The van der Waals surface area contributed by atoms with Crippen LogP contribution >= 0.6 is 15.9 Å². The maximum Gasteiger partial charge on any atom is 0.283 e. The molecule has 0 radical (unpaired) electrons. The molecule has 0 aliphatic heterocycles. The number of hydrogen-bond donors (Lipinski definition) is 2. The minimum atomic E-state index is -0.118. The van der Waals surface area contributed by atoms with Crippen LogP contribution in [0.3, 0.4) is 0 Å². The molecule has 96 valence electrons. The molecule has 1 rings (SSSR count). The Morgan fingerprint density at radius 2 is 2.24 bits per heavy atom. The quantitative estimate of drug-likeness (QED) is 0.751. The van der Waals surface area contributed by atoms with E-state index in [1.807, 2.05) is 6.92 Å². The van der Waals surface area contributed by atoms with E-state index in [4.69, 9.17) is 5.11 Å². The van der Waals surface area contributed by atoms with E-state index in [2.05, 4.69) is 26.3 Å². The molecule has 0 aliphatic rings. The first kappa shape index (κ1) is 14.2. The summed E-state index contributed by atoms with van der Waals surface area (Å²) in [6.07, 6.45) is 4.41. The molecule has 0 amide bonds. The fraction of sp³-hybridized carbons (Fsp3) is 0.636. The zero-order chi connectivity index (χ0) is 12.7. The molecule has 1 aromatic heterocycles. The van der Waals surface area contributed by atoms with Crippen molar-refractivity contribution < 1.29 is 5.11 Å². The van der Waals surface area contributed by atoms with Crippen LogP contribution in [0.5, 0.6) is 0 Å². The highest BCUT2D eigenvalue weighted by molar-refractivity contribution is 9.10. The Kier molecular flexibility index (Phi) is 6.21. The van der Waals surface area contributed by atoms with Crippen molar-refractivity contribution in [3.8, 4) is 0 Å². The van der Waals surface area contributed by atoms with Gasteiger partial charge in [0.1, 0.15) is 4.47 Å². The van der Waals surface area contributed by atoms with Gasteiger partial charge in [-0.15, -0.1) is 0 Å². The zero-order valence-corrected chi connectivity index (χ0v) is 11.5. The number of halogens is 1. The summed E-state index contributed by atoms with van der Waals surface area (Å²) in [6, 6.07) is 0. The summed E-state index contributed by atoms with van der Waals surface area (Å²) in [6.45, 7) is 3.45. The first-order valence-corrected chi connectivity index (χ1v) is 6.60. The van der Waals surface area contributed by atoms with Gasteiger partial charge in [0.15, 0.2) is 0 Å². The number of hydrogen-bond acceptors (Lipinski definition) is 4. The molecule has 0 saturated heterocycles. The number of aryl methyl sites for hydroxylation is 1. The van der Waals surface area contributed by atoms with Gasteiger partial charge < -0.3 is 10.4 Å². The van der Waals surface area contributed by atoms with Gasteiger partial charge in [-0.3, -0.25) is 4.79 Å². The standard InChI is InChI=1S/C11H18BrN3O2/c1-2-15-11(17)10(12)9(8-14-15)13-6-4-3-5-7-16/h8,13,16H,2-7H2,1H3. The monoisotopic (exact) mass is 303 g/mol. The van der Waals surface area contributed by atoms with E-state index in [1.54, 1.807) is 6.20 Å². The van der Waals surface area contributed by atoms with E-state index in [0.717, 1.165) is 31.5 Å². The molecular formula is C11H18BrN3O2. The third kappa shape index (κ3) is 4.12. The smallest absolute Gasteiger partial charge is 0.283 e. The molecule has 0 aliphatic carbocycles. The summed E-state index contributed by atoms with van der Waals surface area (Å²) in [5.41, 5.74) is 0.608. The summed E-state index contributed by atoms with van der Waals surface area (Å²) in [5, 5.41) is 15.8. The van der Waals surface area contributed by atoms with Crippen LogP contribution in [0.25, 0.3) is 0 Å². The Morgan fingerprint density at radius 1 is 1.47 bits per heavy atom. The van der Waals surface area contributed by atoms with Crippen LogP contribution in [0, 0.1) is 0 Å². The van der Waals surface area contributed by atoms with Crippen molar-refractivity contribution in [1.82, 2.24) is 9.78 Å². The van der Waals surface area contributed by atoms with Crippen LogP contribution in [-0.4, -0.2) is 28.0 Å². The Balaban J connectivity index is 2.55. The van der Waals surface area contributed by atoms with Crippen LogP contribution in [0.4, 0.5) is 5.69 Å². The number of rotatable bonds is 7. The molecule has 6 heteroatoms.